The fourth-order valence-corrected chi connectivity index (χ4v) is 2.55. The van der Waals surface area contributed by atoms with Crippen LogP contribution >= 0.6 is 0 Å². The summed E-state index contributed by atoms with van der Waals surface area (Å²) in [5.41, 5.74) is 2.29. The van der Waals surface area contributed by atoms with E-state index in [1.165, 1.54) is 5.52 Å². The van der Waals surface area contributed by atoms with Crippen LogP contribution in [0.5, 0.6) is 0 Å². The Bertz CT molecular complexity index is 616. The number of fused-ring (bicyclic) bond motifs is 1. The molecule has 0 saturated heterocycles. The van der Waals surface area contributed by atoms with E-state index in [0.29, 0.717) is 12.3 Å². The van der Waals surface area contributed by atoms with E-state index >= 15 is 0 Å². The number of nitrogens with zero attached hydrogens (tertiary/aromatic N) is 2. The van der Waals surface area contributed by atoms with Gasteiger partial charge in [0.1, 0.15) is 5.82 Å². The second kappa shape index (κ2) is 7.97. The van der Waals surface area contributed by atoms with Gasteiger partial charge in [-0.15, -0.1) is 0 Å². The van der Waals surface area contributed by atoms with Gasteiger partial charge in [0, 0.05) is 25.9 Å². The molecular weight excluding hydrogens is 274 g/mol. The van der Waals surface area contributed by atoms with Crippen LogP contribution in [-0.2, 0) is 17.8 Å². The van der Waals surface area contributed by atoms with Gasteiger partial charge in [0.2, 0.25) is 5.91 Å². The number of imidazole rings is 1. The molecule has 0 aliphatic rings. The lowest BCUT2D eigenvalue weighted by Crippen LogP contribution is -2.23. The predicted molar refractivity (Wildman–Crippen MR) is 90.8 cm³/mol. The molecule has 1 aromatic heterocycles. The van der Waals surface area contributed by atoms with Crippen molar-refractivity contribution >= 4 is 16.9 Å². The number of hydrogen-bond donors (Lipinski definition) is 1. The number of amides is 1. The molecule has 0 fully saturated rings. The molecule has 22 heavy (non-hydrogen) atoms. The van der Waals surface area contributed by atoms with Crippen molar-refractivity contribution in [2.45, 2.75) is 53.0 Å². The van der Waals surface area contributed by atoms with E-state index in [1.807, 2.05) is 13.0 Å². The van der Waals surface area contributed by atoms with Crippen molar-refractivity contribution in [1.82, 2.24) is 14.9 Å². The lowest BCUT2D eigenvalue weighted by molar-refractivity contribution is -0.120. The number of hydrogen-bond acceptors (Lipinski definition) is 2. The topological polar surface area (TPSA) is 46.9 Å². The van der Waals surface area contributed by atoms with Crippen LogP contribution in [0.15, 0.2) is 24.3 Å². The minimum Gasteiger partial charge on any atom is -0.356 e. The van der Waals surface area contributed by atoms with Gasteiger partial charge in [-0.05, 0) is 30.9 Å². The normalized spacial score (nSPS) is 11.3. The summed E-state index contributed by atoms with van der Waals surface area (Å²) in [4.78, 5) is 16.1. The molecule has 4 nitrogen and oxygen atoms in total. The summed E-state index contributed by atoms with van der Waals surface area (Å²) in [5.74, 6) is 1.93. The molecule has 2 aromatic rings. The number of carbonyl (C=O) groups excluding carboxylic acids is 1. The summed E-state index contributed by atoms with van der Waals surface area (Å²) in [6.07, 6.45) is 3.53. The highest BCUT2D eigenvalue weighted by Crippen LogP contribution is 2.18. The van der Waals surface area contributed by atoms with Crippen molar-refractivity contribution in [1.29, 1.82) is 0 Å². The summed E-state index contributed by atoms with van der Waals surface area (Å²) >= 11 is 0. The highest BCUT2D eigenvalue weighted by atomic mass is 16.1. The second-order valence-corrected chi connectivity index (χ2v) is 6.16. The molecule has 0 atom stereocenters. The molecule has 0 aliphatic carbocycles. The lowest BCUT2D eigenvalue weighted by atomic mass is 10.1. The third-order valence-corrected chi connectivity index (χ3v) is 3.88. The van der Waals surface area contributed by atoms with Crippen molar-refractivity contribution < 1.29 is 4.79 Å². The van der Waals surface area contributed by atoms with Crippen molar-refractivity contribution in [2.75, 3.05) is 6.54 Å². The van der Waals surface area contributed by atoms with Crippen molar-refractivity contribution in [2.24, 2.45) is 5.92 Å². The zero-order valence-corrected chi connectivity index (χ0v) is 13.9. The minimum atomic E-state index is 0.119. The Kier molecular flexibility index (Phi) is 5.99. The molecule has 120 valence electrons. The van der Waals surface area contributed by atoms with Crippen molar-refractivity contribution in [3.05, 3.63) is 30.1 Å². The van der Waals surface area contributed by atoms with Crippen molar-refractivity contribution in [3.8, 4) is 0 Å². The zero-order chi connectivity index (χ0) is 15.9. The van der Waals surface area contributed by atoms with Crippen LogP contribution in [0.25, 0.3) is 11.0 Å². The van der Waals surface area contributed by atoms with Crippen LogP contribution in [0.3, 0.4) is 0 Å². The maximum Gasteiger partial charge on any atom is 0.219 e. The van der Waals surface area contributed by atoms with Crippen LogP contribution in [0, 0.1) is 5.92 Å². The highest BCUT2D eigenvalue weighted by molar-refractivity contribution is 5.76. The number of nitrogens with one attached hydrogen (secondary N) is 1. The minimum absolute atomic E-state index is 0.119. The van der Waals surface area contributed by atoms with Crippen LogP contribution in [-0.4, -0.2) is 22.0 Å². The Morgan fingerprint density at radius 2 is 2.09 bits per heavy atom. The monoisotopic (exact) mass is 301 g/mol. The SMILES string of the molecule is CCC(=O)NCCCc1nc2ccccc2n1CCC(C)C. The first kappa shape index (κ1) is 16.5. The maximum atomic E-state index is 11.3. The zero-order valence-electron chi connectivity index (χ0n) is 13.9. The molecular formula is C18H27N3O. The van der Waals surface area contributed by atoms with Crippen LogP contribution < -0.4 is 5.32 Å². The largest absolute Gasteiger partial charge is 0.356 e. The molecule has 0 bridgehead atoms. The second-order valence-electron chi connectivity index (χ2n) is 6.16. The van der Waals surface area contributed by atoms with E-state index < -0.39 is 0 Å². The van der Waals surface area contributed by atoms with Gasteiger partial charge in [0.15, 0.2) is 0 Å². The quantitative estimate of drug-likeness (QED) is 0.758. The first-order valence-electron chi connectivity index (χ1n) is 8.32. The molecule has 0 aliphatic heterocycles. The average Bonchev–Trinajstić information content (AvgIpc) is 2.86. The smallest absolute Gasteiger partial charge is 0.219 e. The van der Waals surface area contributed by atoms with E-state index in [-0.39, 0.29) is 5.91 Å². The summed E-state index contributed by atoms with van der Waals surface area (Å²) in [6, 6.07) is 8.32. The van der Waals surface area contributed by atoms with E-state index in [2.05, 4.69) is 41.9 Å². The number of aromatic nitrogens is 2. The molecule has 1 aromatic carbocycles. The Labute approximate surface area is 132 Å². The number of aryl methyl sites for hydroxylation is 2. The molecule has 4 heteroatoms. The molecule has 0 unspecified atom stereocenters. The molecule has 2 rings (SSSR count). The molecule has 1 amide bonds. The fraction of sp³-hybridized carbons (Fsp3) is 0.556. The summed E-state index contributed by atoms with van der Waals surface area (Å²) in [7, 11) is 0. The molecule has 0 spiro atoms. The Hall–Kier alpha value is -1.84. The molecule has 1 N–H and O–H groups in total. The fourth-order valence-electron chi connectivity index (χ4n) is 2.55. The summed E-state index contributed by atoms with van der Waals surface area (Å²) < 4.78 is 2.34. The average molecular weight is 301 g/mol. The number of benzene rings is 1. The lowest BCUT2D eigenvalue weighted by Gasteiger charge is -2.11. The molecule has 0 radical (unpaired) electrons. The predicted octanol–water partition coefficient (Wildman–Crippen LogP) is 3.54. The third-order valence-electron chi connectivity index (χ3n) is 3.88. The van der Waals surface area contributed by atoms with E-state index in [4.69, 9.17) is 4.98 Å². The number of para-hydroxylation sites is 2. The van der Waals surface area contributed by atoms with E-state index in [1.54, 1.807) is 0 Å². The van der Waals surface area contributed by atoms with Gasteiger partial charge < -0.3 is 9.88 Å². The number of rotatable bonds is 8. The molecule has 1 heterocycles. The Morgan fingerprint density at radius 3 is 2.82 bits per heavy atom. The van der Waals surface area contributed by atoms with Gasteiger partial charge in [-0.2, -0.15) is 0 Å². The Balaban J connectivity index is 2.06. The summed E-state index contributed by atoms with van der Waals surface area (Å²) in [5, 5.41) is 2.93. The van der Waals surface area contributed by atoms with Crippen LogP contribution in [0.2, 0.25) is 0 Å². The maximum absolute atomic E-state index is 11.3. The van der Waals surface area contributed by atoms with Gasteiger partial charge in [-0.3, -0.25) is 4.79 Å². The van der Waals surface area contributed by atoms with E-state index in [9.17, 15) is 4.79 Å². The van der Waals surface area contributed by atoms with Crippen LogP contribution in [0.1, 0.15) is 45.9 Å². The van der Waals surface area contributed by atoms with Gasteiger partial charge in [-0.1, -0.05) is 32.9 Å². The van der Waals surface area contributed by atoms with Gasteiger partial charge in [0.25, 0.3) is 0 Å². The Morgan fingerprint density at radius 1 is 1.32 bits per heavy atom. The van der Waals surface area contributed by atoms with Gasteiger partial charge in [-0.25, -0.2) is 4.98 Å². The van der Waals surface area contributed by atoms with Gasteiger partial charge in [0.05, 0.1) is 11.0 Å². The standard InChI is InChI=1S/C18H27N3O/c1-4-18(22)19-12-7-10-17-20-15-8-5-6-9-16(15)21(17)13-11-14(2)3/h5-6,8-9,14H,4,7,10-13H2,1-3H3,(H,19,22). The summed E-state index contributed by atoms with van der Waals surface area (Å²) in [6.45, 7) is 8.10. The first-order chi connectivity index (χ1) is 10.6. The van der Waals surface area contributed by atoms with Gasteiger partial charge >= 0.3 is 0 Å². The van der Waals surface area contributed by atoms with E-state index in [0.717, 1.165) is 43.7 Å². The number of carbonyl (C=O) groups is 1. The first-order valence-corrected chi connectivity index (χ1v) is 8.32. The van der Waals surface area contributed by atoms with Crippen molar-refractivity contribution in [3.63, 3.8) is 0 Å². The molecule has 0 saturated carbocycles. The highest BCUT2D eigenvalue weighted by Gasteiger charge is 2.10. The van der Waals surface area contributed by atoms with Crippen LogP contribution in [0.4, 0.5) is 0 Å². The third kappa shape index (κ3) is 4.33.